The fourth-order valence-corrected chi connectivity index (χ4v) is 2.74. The van der Waals surface area contributed by atoms with E-state index in [4.69, 9.17) is 11.6 Å². The minimum absolute atomic E-state index is 0.490. The normalized spacial score (nSPS) is 22.4. The van der Waals surface area contributed by atoms with Crippen molar-refractivity contribution in [2.75, 3.05) is 11.9 Å². The van der Waals surface area contributed by atoms with Gasteiger partial charge in [-0.05, 0) is 54.9 Å². The van der Waals surface area contributed by atoms with E-state index in [1.807, 2.05) is 6.07 Å². The van der Waals surface area contributed by atoms with Gasteiger partial charge in [0, 0.05) is 17.3 Å². The van der Waals surface area contributed by atoms with Crippen LogP contribution < -0.4 is 5.32 Å². The Morgan fingerprint density at radius 1 is 1.21 bits per heavy atom. The molecule has 0 atom stereocenters. The van der Waals surface area contributed by atoms with E-state index < -0.39 is 0 Å². The molecule has 1 saturated carbocycles. The molecule has 0 unspecified atom stereocenters. The summed E-state index contributed by atoms with van der Waals surface area (Å²) in [5.74, 6) is 0. The van der Waals surface area contributed by atoms with E-state index in [0.717, 1.165) is 11.6 Å². The number of hydrogen-bond acceptors (Lipinski definition) is 1. The van der Waals surface area contributed by atoms with Gasteiger partial charge in [-0.15, -0.1) is 0 Å². The number of fused-ring (bicyclic) bond motifs is 2. The second-order valence-electron chi connectivity index (χ2n) is 4.50. The molecule has 0 aromatic heterocycles. The first-order valence-corrected chi connectivity index (χ1v) is 5.72. The fraction of sp³-hybridized carbons (Fsp3) is 0.500. The summed E-state index contributed by atoms with van der Waals surface area (Å²) in [5, 5.41) is 4.36. The molecule has 1 N–H and O–H groups in total. The van der Waals surface area contributed by atoms with Gasteiger partial charge in [0.2, 0.25) is 0 Å². The SMILES string of the molecule is Clc1ccc2c(c1)C1(CCCN2)CC1. The van der Waals surface area contributed by atoms with Crippen molar-refractivity contribution in [1.29, 1.82) is 0 Å². The first-order chi connectivity index (χ1) is 6.80. The zero-order valence-electron chi connectivity index (χ0n) is 8.15. The molecule has 1 fully saturated rings. The van der Waals surface area contributed by atoms with E-state index >= 15 is 0 Å². The molecule has 1 aromatic rings. The maximum atomic E-state index is 6.06. The van der Waals surface area contributed by atoms with E-state index in [-0.39, 0.29) is 0 Å². The molecule has 0 bridgehead atoms. The number of halogens is 1. The van der Waals surface area contributed by atoms with Crippen LogP contribution in [0.3, 0.4) is 0 Å². The summed E-state index contributed by atoms with van der Waals surface area (Å²) in [6.07, 6.45) is 5.31. The molecule has 1 aromatic carbocycles. The van der Waals surface area contributed by atoms with Gasteiger partial charge in [0.05, 0.1) is 0 Å². The van der Waals surface area contributed by atoms with Gasteiger partial charge in [-0.3, -0.25) is 0 Å². The summed E-state index contributed by atoms with van der Waals surface area (Å²) in [6, 6.07) is 6.26. The minimum atomic E-state index is 0.490. The summed E-state index contributed by atoms with van der Waals surface area (Å²) in [7, 11) is 0. The van der Waals surface area contributed by atoms with Crippen molar-refractivity contribution in [2.45, 2.75) is 31.1 Å². The Kier molecular flexibility index (Phi) is 1.78. The minimum Gasteiger partial charge on any atom is -0.385 e. The first-order valence-electron chi connectivity index (χ1n) is 5.34. The van der Waals surface area contributed by atoms with Crippen molar-refractivity contribution in [3.63, 3.8) is 0 Å². The molecule has 1 spiro atoms. The molecule has 0 amide bonds. The Morgan fingerprint density at radius 3 is 2.86 bits per heavy atom. The van der Waals surface area contributed by atoms with Crippen LogP contribution in [-0.2, 0) is 5.41 Å². The molecule has 1 aliphatic heterocycles. The Hall–Kier alpha value is -0.690. The van der Waals surface area contributed by atoms with Gasteiger partial charge in [0.15, 0.2) is 0 Å². The van der Waals surface area contributed by atoms with Crippen molar-refractivity contribution >= 4 is 17.3 Å². The van der Waals surface area contributed by atoms with Gasteiger partial charge < -0.3 is 5.32 Å². The second kappa shape index (κ2) is 2.90. The standard InChI is InChI=1S/C12H14ClN/c13-9-2-3-11-10(8-9)12(5-6-12)4-1-7-14-11/h2-3,8,14H,1,4-7H2. The highest BCUT2D eigenvalue weighted by molar-refractivity contribution is 6.30. The van der Waals surface area contributed by atoms with Crippen LogP contribution in [0.25, 0.3) is 0 Å². The molecule has 0 saturated heterocycles. The Balaban J connectivity index is 2.13. The molecule has 2 aliphatic rings. The van der Waals surface area contributed by atoms with Crippen LogP contribution in [0.1, 0.15) is 31.2 Å². The summed E-state index contributed by atoms with van der Waals surface area (Å²) in [6.45, 7) is 1.11. The predicted octanol–water partition coefficient (Wildman–Crippen LogP) is 3.58. The zero-order chi connectivity index (χ0) is 9.60. The number of anilines is 1. The summed E-state index contributed by atoms with van der Waals surface area (Å²) in [5.41, 5.74) is 3.26. The molecule has 1 heterocycles. The third-order valence-corrected chi connectivity index (χ3v) is 3.79. The maximum Gasteiger partial charge on any atom is 0.0410 e. The highest BCUT2D eigenvalue weighted by Gasteiger charge is 2.45. The number of benzene rings is 1. The van der Waals surface area contributed by atoms with Crippen LogP contribution in [-0.4, -0.2) is 6.54 Å². The average molecular weight is 208 g/mol. The highest BCUT2D eigenvalue weighted by Crippen LogP contribution is 2.55. The van der Waals surface area contributed by atoms with Crippen LogP contribution in [0.2, 0.25) is 5.02 Å². The average Bonchev–Trinajstić information content (AvgIpc) is 2.97. The number of rotatable bonds is 0. The van der Waals surface area contributed by atoms with E-state index in [9.17, 15) is 0 Å². The van der Waals surface area contributed by atoms with Gasteiger partial charge in [0.25, 0.3) is 0 Å². The number of nitrogens with one attached hydrogen (secondary N) is 1. The Labute approximate surface area is 89.5 Å². The molecule has 1 aliphatic carbocycles. The Morgan fingerprint density at radius 2 is 2.07 bits per heavy atom. The predicted molar refractivity (Wildman–Crippen MR) is 60.1 cm³/mol. The fourth-order valence-electron chi connectivity index (χ4n) is 2.56. The lowest BCUT2D eigenvalue weighted by Crippen LogP contribution is -2.05. The molecular formula is C12H14ClN. The highest BCUT2D eigenvalue weighted by atomic mass is 35.5. The van der Waals surface area contributed by atoms with E-state index in [1.54, 1.807) is 0 Å². The molecule has 1 nitrogen and oxygen atoms in total. The lowest BCUT2D eigenvalue weighted by molar-refractivity contribution is 0.611. The molecule has 0 radical (unpaired) electrons. The summed E-state index contributed by atoms with van der Waals surface area (Å²) >= 11 is 6.06. The molecule has 2 heteroatoms. The zero-order valence-corrected chi connectivity index (χ0v) is 8.90. The van der Waals surface area contributed by atoms with Gasteiger partial charge in [-0.1, -0.05) is 11.6 Å². The quantitative estimate of drug-likeness (QED) is 0.686. The third-order valence-electron chi connectivity index (χ3n) is 3.55. The molecule has 14 heavy (non-hydrogen) atoms. The summed E-state index contributed by atoms with van der Waals surface area (Å²) in [4.78, 5) is 0. The maximum absolute atomic E-state index is 6.06. The van der Waals surface area contributed by atoms with Crippen LogP contribution in [0.15, 0.2) is 18.2 Å². The van der Waals surface area contributed by atoms with E-state index in [2.05, 4.69) is 17.4 Å². The summed E-state index contributed by atoms with van der Waals surface area (Å²) < 4.78 is 0. The van der Waals surface area contributed by atoms with Crippen molar-refractivity contribution in [1.82, 2.24) is 0 Å². The van der Waals surface area contributed by atoms with E-state index in [0.29, 0.717) is 5.41 Å². The topological polar surface area (TPSA) is 12.0 Å². The third kappa shape index (κ3) is 1.23. The van der Waals surface area contributed by atoms with Crippen LogP contribution in [0.5, 0.6) is 0 Å². The van der Waals surface area contributed by atoms with Crippen molar-refractivity contribution in [3.05, 3.63) is 28.8 Å². The lowest BCUT2D eigenvalue weighted by atomic mass is 9.91. The second-order valence-corrected chi connectivity index (χ2v) is 4.94. The van der Waals surface area contributed by atoms with Crippen molar-refractivity contribution in [2.24, 2.45) is 0 Å². The van der Waals surface area contributed by atoms with Gasteiger partial charge in [-0.2, -0.15) is 0 Å². The lowest BCUT2D eigenvalue weighted by Gasteiger charge is -2.15. The molecule has 74 valence electrons. The Bertz CT molecular complexity index is 369. The number of hydrogen-bond donors (Lipinski definition) is 1. The van der Waals surface area contributed by atoms with Crippen LogP contribution in [0.4, 0.5) is 5.69 Å². The van der Waals surface area contributed by atoms with Crippen molar-refractivity contribution < 1.29 is 0 Å². The van der Waals surface area contributed by atoms with Crippen LogP contribution >= 0.6 is 11.6 Å². The first kappa shape index (κ1) is 8.60. The van der Waals surface area contributed by atoms with Gasteiger partial charge in [-0.25, -0.2) is 0 Å². The smallest absolute Gasteiger partial charge is 0.0410 e. The molecule has 3 rings (SSSR count). The van der Waals surface area contributed by atoms with Gasteiger partial charge in [0.1, 0.15) is 0 Å². The van der Waals surface area contributed by atoms with Crippen molar-refractivity contribution in [3.8, 4) is 0 Å². The largest absolute Gasteiger partial charge is 0.385 e. The monoisotopic (exact) mass is 207 g/mol. The van der Waals surface area contributed by atoms with E-state index in [1.165, 1.54) is 36.9 Å². The van der Waals surface area contributed by atoms with Gasteiger partial charge >= 0.3 is 0 Å². The van der Waals surface area contributed by atoms with Crippen LogP contribution in [0, 0.1) is 0 Å². The molecular weight excluding hydrogens is 194 g/mol.